The SMILES string of the molecule is CC(C)C1(C(=O)O)CCN(C(=O)c2sccc2-n2cccc2)C1. The number of carbonyl (C=O) groups is 2. The van der Waals surface area contributed by atoms with Crippen molar-refractivity contribution < 1.29 is 14.7 Å². The highest BCUT2D eigenvalue weighted by Crippen LogP contribution is 2.39. The van der Waals surface area contributed by atoms with Crippen molar-refractivity contribution in [1.29, 1.82) is 0 Å². The molecule has 0 radical (unpaired) electrons. The summed E-state index contributed by atoms with van der Waals surface area (Å²) in [5.41, 5.74) is 0.0166. The van der Waals surface area contributed by atoms with Crippen LogP contribution in [-0.4, -0.2) is 39.5 Å². The number of thiophene rings is 1. The first-order chi connectivity index (χ1) is 11.0. The molecule has 0 aromatic carbocycles. The maximum absolute atomic E-state index is 12.9. The van der Waals surface area contributed by atoms with E-state index in [1.54, 1.807) is 4.90 Å². The Morgan fingerprint density at radius 3 is 2.57 bits per heavy atom. The molecule has 6 heteroatoms. The van der Waals surface area contributed by atoms with E-state index in [9.17, 15) is 14.7 Å². The summed E-state index contributed by atoms with van der Waals surface area (Å²) in [7, 11) is 0. The number of amides is 1. The molecule has 0 aliphatic carbocycles. The van der Waals surface area contributed by atoms with Crippen LogP contribution in [-0.2, 0) is 4.79 Å². The molecule has 5 nitrogen and oxygen atoms in total. The van der Waals surface area contributed by atoms with Crippen LogP contribution in [0.15, 0.2) is 36.0 Å². The van der Waals surface area contributed by atoms with Crippen LogP contribution in [0.1, 0.15) is 29.9 Å². The van der Waals surface area contributed by atoms with Gasteiger partial charge in [0.25, 0.3) is 5.91 Å². The molecule has 3 heterocycles. The van der Waals surface area contributed by atoms with E-state index < -0.39 is 11.4 Å². The molecule has 1 N–H and O–H groups in total. The zero-order valence-electron chi connectivity index (χ0n) is 13.2. The average molecular weight is 332 g/mol. The quantitative estimate of drug-likeness (QED) is 0.936. The third-order valence-electron chi connectivity index (χ3n) is 4.84. The minimum absolute atomic E-state index is 0.00921. The van der Waals surface area contributed by atoms with Gasteiger partial charge in [-0.3, -0.25) is 9.59 Å². The lowest BCUT2D eigenvalue weighted by Crippen LogP contribution is -2.40. The Balaban J connectivity index is 1.86. The zero-order chi connectivity index (χ0) is 16.6. The lowest BCUT2D eigenvalue weighted by molar-refractivity contribution is -0.150. The van der Waals surface area contributed by atoms with Crippen molar-refractivity contribution in [2.75, 3.05) is 13.1 Å². The lowest BCUT2D eigenvalue weighted by Gasteiger charge is -2.28. The standard InChI is InChI=1S/C17H20N2O3S/c1-12(2)17(16(21)22)6-9-19(11-17)15(20)14-13(5-10-23-14)18-7-3-4-8-18/h3-5,7-8,10,12H,6,9,11H2,1-2H3,(H,21,22). The van der Waals surface area contributed by atoms with Crippen molar-refractivity contribution in [3.8, 4) is 5.69 Å². The molecule has 23 heavy (non-hydrogen) atoms. The van der Waals surface area contributed by atoms with E-state index in [0.29, 0.717) is 17.8 Å². The minimum atomic E-state index is -0.833. The van der Waals surface area contributed by atoms with Crippen molar-refractivity contribution in [1.82, 2.24) is 9.47 Å². The third kappa shape index (κ3) is 2.57. The van der Waals surface area contributed by atoms with Gasteiger partial charge in [-0.2, -0.15) is 0 Å². The van der Waals surface area contributed by atoms with Crippen LogP contribution in [0.5, 0.6) is 0 Å². The maximum Gasteiger partial charge on any atom is 0.311 e. The summed E-state index contributed by atoms with van der Waals surface area (Å²) in [5, 5.41) is 11.5. The van der Waals surface area contributed by atoms with Crippen molar-refractivity contribution in [3.05, 3.63) is 40.8 Å². The number of rotatable bonds is 4. The Bertz CT molecular complexity index is 720. The minimum Gasteiger partial charge on any atom is -0.481 e. The van der Waals surface area contributed by atoms with Crippen molar-refractivity contribution >= 4 is 23.2 Å². The highest BCUT2D eigenvalue weighted by Gasteiger charge is 2.48. The third-order valence-corrected chi connectivity index (χ3v) is 5.73. The normalized spacial score (nSPS) is 21.1. The molecule has 2 aromatic heterocycles. The highest BCUT2D eigenvalue weighted by atomic mass is 32.1. The van der Waals surface area contributed by atoms with E-state index in [2.05, 4.69) is 0 Å². The molecule has 2 aromatic rings. The van der Waals surface area contributed by atoms with Crippen molar-refractivity contribution in [3.63, 3.8) is 0 Å². The number of nitrogens with zero attached hydrogens (tertiary/aromatic N) is 2. The van der Waals surface area contributed by atoms with Crippen molar-refractivity contribution in [2.45, 2.75) is 20.3 Å². The van der Waals surface area contributed by atoms with E-state index in [4.69, 9.17) is 0 Å². The number of carboxylic acid groups (broad SMARTS) is 1. The molecule has 0 saturated carbocycles. The van der Waals surface area contributed by atoms with Crippen LogP contribution in [0.2, 0.25) is 0 Å². The Labute approximate surface area is 139 Å². The number of aromatic nitrogens is 1. The Kier molecular flexibility index (Phi) is 4.02. The second-order valence-electron chi connectivity index (χ2n) is 6.32. The second-order valence-corrected chi connectivity index (χ2v) is 7.23. The topological polar surface area (TPSA) is 62.5 Å². The fraction of sp³-hybridized carbons (Fsp3) is 0.412. The Morgan fingerprint density at radius 1 is 1.30 bits per heavy atom. The number of likely N-dealkylation sites (tertiary alicyclic amines) is 1. The first-order valence-corrected chi connectivity index (χ1v) is 8.57. The van der Waals surface area contributed by atoms with Gasteiger partial charge in [0.05, 0.1) is 11.1 Å². The van der Waals surface area contributed by atoms with Crippen LogP contribution in [0.3, 0.4) is 0 Å². The van der Waals surface area contributed by atoms with Gasteiger partial charge < -0.3 is 14.6 Å². The van der Waals surface area contributed by atoms with Gasteiger partial charge in [-0.15, -0.1) is 11.3 Å². The van der Waals surface area contributed by atoms with E-state index in [1.165, 1.54) is 11.3 Å². The molecular weight excluding hydrogens is 312 g/mol. The molecule has 0 bridgehead atoms. The van der Waals surface area contributed by atoms with Gasteiger partial charge in [0.2, 0.25) is 0 Å². The predicted octanol–water partition coefficient (Wildman–Crippen LogP) is 3.11. The molecule has 1 unspecified atom stereocenters. The van der Waals surface area contributed by atoms with E-state index >= 15 is 0 Å². The molecule has 1 aliphatic rings. The predicted molar refractivity (Wildman–Crippen MR) is 89.1 cm³/mol. The Morgan fingerprint density at radius 2 is 2.00 bits per heavy atom. The first-order valence-electron chi connectivity index (χ1n) is 7.69. The highest BCUT2D eigenvalue weighted by molar-refractivity contribution is 7.12. The van der Waals surface area contributed by atoms with Gasteiger partial charge >= 0.3 is 5.97 Å². The number of carboxylic acids is 1. The number of hydrogen-bond acceptors (Lipinski definition) is 3. The summed E-state index contributed by atoms with van der Waals surface area (Å²) >= 11 is 1.40. The summed E-state index contributed by atoms with van der Waals surface area (Å²) in [6.45, 7) is 4.60. The number of carbonyl (C=O) groups excluding carboxylic acids is 1. The molecule has 1 aliphatic heterocycles. The lowest BCUT2D eigenvalue weighted by atomic mass is 9.76. The molecule has 1 amide bonds. The van der Waals surface area contributed by atoms with E-state index in [-0.39, 0.29) is 18.4 Å². The summed E-state index contributed by atoms with van der Waals surface area (Å²) in [6, 6.07) is 5.74. The molecule has 122 valence electrons. The zero-order valence-corrected chi connectivity index (χ0v) is 14.0. The first kappa shape index (κ1) is 15.8. The van der Waals surface area contributed by atoms with Crippen LogP contribution >= 0.6 is 11.3 Å². The van der Waals surface area contributed by atoms with Crippen LogP contribution < -0.4 is 0 Å². The second kappa shape index (κ2) is 5.85. The molecule has 3 rings (SSSR count). The fourth-order valence-corrected chi connectivity index (χ4v) is 4.06. The van der Waals surface area contributed by atoms with Gasteiger partial charge in [-0.25, -0.2) is 0 Å². The summed E-state index contributed by atoms with van der Waals surface area (Å²) < 4.78 is 1.91. The van der Waals surface area contributed by atoms with Gasteiger partial charge in [-0.1, -0.05) is 13.8 Å². The van der Waals surface area contributed by atoms with E-state index in [1.807, 2.05) is 54.4 Å². The van der Waals surface area contributed by atoms with Gasteiger partial charge in [-0.05, 0) is 35.9 Å². The maximum atomic E-state index is 12.9. The monoisotopic (exact) mass is 332 g/mol. The molecular formula is C17H20N2O3S. The van der Waals surface area contributed by atoms with Crippen LogP contribution in [0, 0.1) is 11.3 Å². The van der Waals surface area contributed by atoms with E-state index in [0.717, 1.165) is 5.69 Å². The summed E-state index contributed by atoms with van der Waals surface area (Å²) in [6.07, 6.45) is 4.31. The molecule has 1 fully saturated rings. The molecule has 1 saturated heterocycles. The number of aliphatic carboxylic acids is 1. The van der Waals surface area contributed by atoms with Gasteiger partial charge in [0.1, 0.15) is 4.88 Å². The van der Waals surface area contributed by atoms with Gasteiger partial charge in [0.15, 0.2) is 0 Å². The molecule has 0 spiro atoms. The summed E-state index contributed by atoms with van der Waals surface area (Å²) in [5.74, 6) is -0.892. The smallest absolute Gasteiger partial charge is 0.311 e. The fourth-order valence-electron chi connectivity index (χ4n) is 3.20. The van der Waals surface area contributed by atoms with Crippen LogP contribution in [0.4, 0.5) is 0 Å². The van der Waals surface area contributed by atoms with Crippen molar-refractivity contribution in [2.24, 2.45) is 11.3 Å². The Hall–Kier alpha value is -2.08. The number of hydrogen-bond donors (Lipinski definition) is 1. The van der Waals surface area contributed by atoms with Gasteiger partial charge in [0, 0.05) is 25.5 Å². The average Bonchev–Trinajstić information content (AvgIpc) is 3.24. The van der Waals surface area contributed by atoms with Crippen LogP contribution in [0.25, 0.3) is 5.69 Å². The summed E-state index contributed by atoms with van der Waals surface area (Å²) in [4.78, 5) is 27.0. The largest absolute Gasteiger partial charge is 0.481 e. The molecule has 1 atom stereocenters.